The Hall–Kier alpha value is -1.87. The second kappa shape index (κ2) is 4.32. The molecule has 0 unspecified atom stereocenters. The van der Waals surface area contributed by atoms with Gasteiger partial charge in [0.25, 0.3) is 5.82 Å². The Kier molecular flexibility index (Phi) is 2.83. The van der Waals surface area contributed by atoms with Crippen LogP contribution in [0.1, 0.15) is 5.82 Å². The third-order valence-corrected chi connectivity index (χ3v) is 3.66. The van der Waals surface area contributed by atoms with Gasteiger partial charge in [0, 0.05) is 16.3 Å². The maximum Gasteiger partial charge on any atom is 0.453 e. The Morgan fingerprint density at radius 1 is 1.25 bits per heavy atom. The van der Waals surface area contributed by atoms with Gasteiger partial charge in [-0.1, -0.05) is 22.9 Å². The maximum atomic E-state index is 12.7. The average Bonchev–Trinajstić information content (AvgIpc) is 2.89. The van der Waals surface area contributed by atoms with Crippen LogP contribution in [0.15, 0.2) is 18.2 Å². The Bertz CT molecular complexity index is 794. The van der Waals surface area contributed by atoms with Gasteiger partial charge in [0.2, 0.25) is 4.96 Å². The molecule has 104 valence electrons. The zero-order chi connectivity index (χ0) is 14.5. The van der Waals surface area contributed by atoms with Crippen LogP contribution < -0.4 is 5.73 Å². The maximum absolute atomic E-state index is 12.7. The van der Waals surface area contributed by atoms with Crippen LogP contribution in [0.25, 0.3) is 15.5 Å². The molecule has 10 heteroatoms. The van der Waals surface area contributed by atoms with Gasteiger partial charge in [0.05, 0.1) is 0 Å². The van der Waals surface area contributed by atoms with Gasteiger partial charge in [0.1, 0.15) is 5.01 Å². The topological polar surface area (TPSA) is 69.1 Å². The molecule has 0 fully saturated rings. The van der Waals surface area contributed by atoms with E-state index in [0.717, 1.165) is 11.3 Å². The first-order valence-corrected chi connectivity index (χ1v) is 6.40. The summed E-state index contributed by atoms with van der Waals surface area (Å²) in [7, 11) is 0. The zero-order valence-electron chi connectivity index (χ0n) is 9.52. The number of alkyl halides is 3. The molecule has 0 aliphatic carbocycles. The Balaban J connectivity index is 2.19. The fraction of sp³-hybridized carbons (Fsp3) is 0.100. The van der Waals surface area contributed by atoms with Crippen molar-refractivity contribution >= 4 is 33.6 Å². The molecular weight excluding hydrogens is 315 g/mol. The number of nitrogens with zero attached hydrogens (tertiary/aromatic N) is 4. The molecule has 5 nitrogen and oxygen atoms in total. The number of nitrogens with two attached hydrogens (primary N) is 1. The summed E-state index contributed by atoms with van der Waals surface area (Å²) in [5, 5.41) is 11.1. The number of halogens is 4. The first-order valence-electron chi connectivity index (χ1n) is 5.21. The van der Waals surface area contributed by atoms with Crippen molar-refractivity contribution in [2.24, 2.45) is 0 Å². The molecule has 0 aliphatic heterocycles. The summed E-state index contributed by atoms with van der Waals surface area (Å²) in [5.74, 6) is -1.17. The van der Waals surface area contributed by atoms with Gasteiger partial charge in [-0.3, -0.25) is 0 Å². The fourth-order valence-electron chi connectivity index (χ4n) is 1.62. The Morgan fingerprint density at radius 2 is 2.00 bits per heavy atom. The SMILES string of the molecule is Nc1ccc(Cl)cc1-c1nn2c(C(F)(F)F)nnc2s1. The predicted octanol–water partition coefficient (Wildman–Crippen LogP) is 3.11. The quantitative estimate of drug-likeness (QED) is 0.700. The van der Waals surface area contributed by atoms with Gasteiger partial charge in [0.15, 0.2) is 0 Å². The van der Waals surface area contributed by atoms with E-state index in [0.29, 0.717) is 25.8 Å². The molecule has 3 aromatic rings. The highest BCUT2D eigenvalue weighted by Crippen LogP contribution is 2.34. The van der Waals surface area contributed by atoms with Crippen molar-refractivity contribution < 1.29 is 13.2 Å². The molecule has 2 N–H and O–H groups in total. The van der Waals surface area contributed by atoms with Crippen molar-refractivity contribution in [1.82, 2.24) is 19.8 Å². The van der Waals surface area contributed by atoms with Crippen LogP contribution in [-0.4, -0.2) is 19.8 Å². The number of hydrogen-bond donors (Lipinski definition) is 1. The standard InChI is InChI=1S/C10H5ClF3N5S/c11-4-1-2-6(15)5(3-4)7-18-19-8(10(12,13)14)16-17-9(19)20-7/h1-3H,15H2. The third-order valence-electron chi connectivity index (χ3n) is 2.49. The summed E-state index contributed by atoms with van der Waals surface area (Å²) < 4.78 is 38.8. The largest absolute Gasteiger partial charge is 0.453 e. The number of anilines is 1. The van der Waals surface area contributed by atoms with E-state index in [1.807, 2.05) is 0 Å². The lowest BCUT2D eigenvalue weighted by Crippen LogP contribution is -2.11. The number of aromatic nitrogens is 4. The molecule has 0 radical (unpaired) electrons. The van der Waals surface area contributed by atoms with E-state index in [1.54, 1.807) is 12.1 Å². The van der Waals surface area contributed by atoms with E-state index in [-0.39, 0.29) is 4.96 Å². The predicted molar refractivity (Wildman–Crippen MR) is 68.5 cm³/mol. The van der Waals surface area contributed by atoms with Crippen molar-refractivity contribution in [2.45, 2.75) is 6.18 Å². The lowest BCUT2D eigenvalue weighted by molar-refractivity contribution is -0.146. The molecule has 0 saturated heterocycles. The molecule has 0 saturated carbocycles. The van der Waals surface area contributed by atoms with Gasteiger partial charge >= 0.3 is 6.18 Å². The smallest absolute Gasteiger partial charge is 0.398 e. The molecule has 0 spiro atoms. The number of fused-ring (bicyclic) bond motifs is 1. The highest BCUT2D eigenvalue weighted by Gasteiger charge is 2.38. The molecule has 0 bridgehead atoms. The zero-order valence-corrected chi connectivity index (χ0v) is 11.1. The summed E-state index contributed by atoms with van der Waals surface area (Å²) in [4.78, 5) is 0.0340. The molecule has 2 heterocycles. The molecule has 3 rings (SSSR count). The van der Waals surface area contributed by atoms with Gasteiger partial charge in [-0.25, -0.2) is 0 Å². The number of hydrogen-bond acceptors (Lipinski definition) is 5. The van der Waals surface area contributed by atoms with E-state index >= 15 is 0 Å². The molecule has 0 aliphatic rings. The van der Waals surface area contributed by atoms with Crippen molar-refractivity contribution in [2.75, 3.05) is 5.73 Å². The Morgan fingerprint density at radius 3 is 2.70 bits per heavy atom. The first-order chi connectivity index (χ1) is 9.36. The molecule has 0 atom stereocenters. The highest BCUT2D eigenvalue weighted by atomic mass is 35.5. The molecular formula is C10H5ClF3N5S. The minimum absolute atomic E-state index is 0.0340. The number of nitrogen functional groups attached to an aromatic ring is 1. The normalized spacial score (nSPS) is 12.2. The monoisotopic (exact) mass is 319 g/mol. The van der Waals surface area contributed by atoms with Gasteiger partial charge < -0.3 is 5.73 Å². The van der Waals surface area contributed by atoms with E-state index in [4.69, 9.17) is 17.3 Å². The van der Waals surface area contributed by atoms with Gasteiger partial charge in [-0.15, -0.1) is 10.2 Å². The third kappa shape index (κ3) is 2.08. The minimum atomic E-state index is -4.62. The van der Waals surface area contributed by atoms with Crippen LogP contribution in [0.4, 0.5) is 18.9 Å². The lowest BCUT2D eigenvalue weighted by atomic mass is 10.2. The summed E-state index contributed by atoms with van der Waals surface area (Å²) in [6, 6.07) is 4.68. The van der Waals surface area contributed by atoms with Crippen LogP contribution in [0.3, 0.4) is 0 Å². The summed E-state index contributed by atoms with van der Waals surface area (Å²) >= 11 is 6.80. The van der Waals surface area contributed by atoms with E-state index in [1.165, 1.54) is 6.07 Å². The second-order valence-corrected chi connectivity index (χ2v) is 5.25. The van der Waals surface area contributed by atoms with Gasteiger partial charge in [-0.2, -0.15) is 22.8 Å². The van der Waals surface area contributed by atoms with Crippen LogP contribution >= 0.6 is 22.9 Å². The highest BCUT2D eigenvalue weighted by molar-refractivity contribution is 7.19. The molecule has 0 amide bonds. The van der Waals surface area contributed by atoms with Crippen molar-refractivity contribution in [3.63, 3.8) is 0 Å². The van der Waals surface area contributed by atoms with Crippen molar-refractivity contribution in [3.05, 3.63) is 29.0 Å². The van der Waals surface area contributed by atoms with Crippen LogP contribution in [-0.2, 0) is 6.18 Å². The molecule has 2 aromatic heterocycles. The first kappa shape index (κ1) is 13.1. The molecule has 20 heavy (non-hydrogen) atoms. The average molecular weight is 320 g/mol. The summed E-state index contributed by atoms with van der Waals surface area (Å²) in [5.41, 5.74) is 6.60. The number of rotatable bonds is 1. The lowest BCUT2D eigenvalue weighted by Gasteiger charge is -2.02. The fourth-order valence-corrected chi connectivity index (χ4v) is 2.67. The number of benzene rings is 1. The van der Waals surface area contributed by atoms with Crippen molar-refractivity contribution in [1.29, 1.82) is 0 Å². The van der Waals surface area contributed by atoms with Crippen LogP contribution in [0, 0.1) is 0 Å². The van der Waals surface area contributed by atoms with E-state index < -0.39 is 12.0 Å². The summed E-state index contributed by atoms with van der Waals surface area (Å²) in [6.07, 6.45) is -4.62. The molecule has 1 aromatic carbocycles. The van der Waals surface area contributed by atoms with E-state index in [9.17, 15) is 13.2 Å². The van der Waals surface area contributed by atoms with Crippen LogP contribution in [0.2, 0.25) is 5.02 Å². The second-order valence-electron chi connectivity index (χ2n) is 3.85. The minimum Gasteiger partial charge on any atom is -0.398 e. The van der Waals surface area contributed by atoms with Crippen molar-refractivity contribution in [3.8, 4) is 10.6 Å². The summed E-state index contributed by atoms with van der Waals surface area (Å²) in [6.45, 7) is 0. The van der Waals surface area contributed by atoms with E-state index in [2.05, 4.69) is 15.3 Å². The van der Waals surface area contributed by atoms with Crippen LogP contribution in [0.5, 0.6) is 0 Å². The Labute approximate surface area is 118 Å². The van der Waals surface area contributed by atoms with Gasteiger partial charge in [-0.05, 0) is 18.2 Å².